The lowest BCUT2D eigenvalue weighted by Gasteiger charge is -2.09. The first-order chi connectivity index (χ1) is 8.70. The van der Waals surface area contributed by atoms with E-state index in [0.29, 0.717) is 6.04 Å². The van der Waals surface area contributed by atoms with Crippen molar-refractivity contribution in [3.05, 3.63) is 50.4 Å². The van der Waals surface area contributed by atoms with E-state index in [4.69, 9.17) is 11.6 Å². The van der Waals surface area contributed by atoms with Gasteiger partial charge in [-0.25, -0.2) is 4.98 Å². The molecule has 0 saturated heterocycles. The SMILES string of the molecule is Cc1csc(CNC2Cc3ccc(Cl)cc3C2)n1. The molecule has 0 fully saturated rings. The molecule has 1 heterocycles. The van der Waals surface area contributed by atoms with Crippen molar-refractivity contribution >= 4 is 22.9 Å². The smallest absolute Gasteiger partial charge is 0.107 e. The molecule has 1 N–H and O–H groups in total. The van der Waals surface area contributed by atoms with Crippen LogP contribution < -0.4 is 5.32 Å². The van der Waals surface area contributed by atoms with Gasteiger partial charge in [0.15, 0.2) is 0 Å². The van der Waals surface area contributed by atoms with Crippen LogP contribution in [-0.2, 0) is 19.4 Å². The minimum Gasteiger partial charge on any atom is -0.307 e. The lowest BCUT2D eigenvalue weighted by atomic mass is 10.1. The minimum atomic E-state index is 0.516. The second-order valence-electron chi connectivity index (χ2n) is 4.78. The molecule has 1 aliphatic rings. The van der Waals surface area contributed by atoms with Crippen LogP contribution >= 0.6 is 22.9 Å². The largest absolute Gasteiger partial charge is 0.307 e. The molecule has 0 saturated carbocycles. The van der Waals surface area contributed by atoms with E-state index in [-0.39, 0.29) is 0 Å². The molecule has 0 amide bonds. The third-order valence-electron chi connectivity index (χ3n) is 3.31. The van der Waals surface area contributed by atoms with E-state index < -0.39 is 0 Å². The molecule has 0 spiro atoms. The Labute approximate surface area is 116 Å². The molecule has 1 atom stereocenters. The number of aromatic nitrogens is 1. The van der Waals surface area contributed by atoms with Crippen LogP contribution in [0.25, 0.3) is 0 Å². The predicted octanol–water partition coefficient (Wildman–Crippen LogP) is 3.36. The maximum atomic E-state index is 6.02. The predicted molar refractivity (Wildman–Crippen MR) is 76.3 cm³/mol. The number of hydrogen-bond acceptors (Lipinski definition) is 3. The first kappa shape index (κ1) is 12.2. The van der Waals surface area contributed by atoms with E-state index >= 15 is 0 Å². The molecule has 94 valence electrons. The summed E-state index contributed by atoms with van der Waals surface area (Å²) in [6, 6.07) is 6.73. The van der Waals surface area contributed by atoms with E-state index in [9.17, 15) is 0 Å². The maximum absolute atomic E-state index is 6.02. The Morgan fingerprint density at radius 1 is 1.39 bits per heavy atom. The number of hydrogen-bond donors (Lipinski definition) is 1. The molecule has 2 nitrogen and oxygen atoms in total. The van der Waals surface area contributed by atoms with E-state index in [0.717, 1.165) is 30.1 Å². The first-order valence-electron chi connectivity index (χ1n) is 6.12. The summed E-state index contributed by atoms with van der Waals surface area (Å²) in [7, 11) is 0. The van der Waals surface area contributed by atoms with Gasteiger partial charge >= 0.3 is 0 Å². The molecule has 1 unspecified atom stereocenters. The van der Waals surface area contributed by atoms with Crippen molar-refractivity contribution in [3.63, 3.8) is 0 Å². The van der Waals surface area contributed by atoms with Gasteiger partial charge in [-0.15, -0.1) is 11.3 Å². The number of halogens is 1. The second kappa shape index (κ2) is 5.00. The minimum absolute atomic E-state index is 0.516. The van der Waals surface area contributed by atoms with Crippen molar-refractivity contribution in [3.8, 4) is 0 Å². The van der Waals surface area contributed by atoms with Crippen molar-refractivity contribution in [2.45, 2.75) is 32.4 Å². The van der Waals surface area contributed by atoms with Crippen molar-refractivity contribution < 1.29 is 0 Å². The van der Waals surface area contributed by atoms with Gasteiger partial charge in [-0.2, -0.15) is 0 Å². The topological polar surface area (TPSA) is 24.9 Å². The van der Waals surface area contributed by atoms with Crippen molar-refractivity contribution in [1.29, 1.82) is 0 Å². The lowest BCUT2D eigenvalue weighted by molar-refractivity contribution is 0.531. The molecule has 2 aromatic rings. The molecule has 3 rings (SSSR count). The van der Waals surface area contributed by atoms with Gasteiger partial charge in [-0.05, 0) is 43.0 Å². The summed E-state index contributed by atoms with van der Waals surface area (Å²) in [6.07, 6.45) is 2.16. The zero-order chi connectivity index (χ0) is 12.5. The molecule has 0 aliphatic heterocycles. The summed E-state index contributed by atoms with van der Waals surface area (Å²) < 4.78 is 0. The van der Waals surface area contributed by atoms with E-state index in [1.807, 2.05) is 13.0 Å². The third-order valence-corrected chi connectivity index (χ3v) is 4.51. The standard InChI is InChI=1S/C14H15ClN2S/c1-9-8-18-14(17-9)7-16-13-5-10-2-3-12(15)4-11(10)6-13/h2-4,8,13,16H,5-7H2,1H3. The number of rotatable bonds is 3. The Kier molecular flexibility index (Phi) is 3.37. The molecule has 1 aliphatic carbocycles. The van der Waals surface area contributed by atoms with Crippen molar-refractivity contribution in [2.24, 2.45) is 0 Å². The number of aryl methyl sites for hydroxylation is 1. The number of fused-ring (bicyclic) bond motifs is 1. The monoisotopic (exact) mass is 278 g/mol. The quantitative estimate of drug-likeness (QED) is 0.931. The molecule has 0 bridgehead atoms. The summed E-state index contributed by atoms with van der Waals surface area (Å²) in [5.74, 6) is 0. The van der Waals surface area contributed by atoms with Crippen LogP contribution in [0.2, 0.25) is 5.02 Å². The highest BCUT2D eigenvalue weighted by atomic mass is 35.5. The Morgan fingerprint density at radius 2 is 2.22 bits per heavy atom. The number of benzene rings is 1. The first-order valence-corrected chi connectivity index (χ1v) is 7.38. The van der Waals surface area contributed by atoms with Gasteiger partial charge in [0.05, 0.1) is 0 Å². The van der Waals surface area contributed by atoms with Crippen LogP contribution in [0.15, 0.2) is 23.6 Å². The fraction of sp³-hybridized carbons (Fsp3) is 0.357. The molecule has 1 aromatic heterocycles. The van der Waals surface area contributed by atoms with Gasteiger partial charge in [0, 0.05) is 28.7 Å². The summed E-state index contributed by atoms with van der Waals surface area (Å²) in [6.45, 7) is 2.90. The zero-order valence-electron chi connectivity index (χ0n) is 10.2. The van der Waals surface area contributed by atoms with Gasteiger partial charge < -0.3 is 5.32 Å². The summed E-state index contributed by atoms with van der Waals surface area (Å²) in [5, 5.41) is 7.69. The summed E-state index contributed by atoms with van der Waals surface area (Å²) in [4.78, 5) is 4.47. The lowest BCUT2D eigenvalue weighted by Crippen LogP contribution is -2.28. The Balaban J connectivity index is 1.61. The van der Waals surface area contributed by atoms with E-state index in [2.05, 4.69) is 27.8 Å². The fourth-order valence-electron chi connectivity index (χ4n) is 2.45. The van der Waals surface area contributed by atoms with Crippen molar-refractivity contribution in [2.75, 3.05) is 0 Å². The average Bonchev–Trinajstić information content (AvgIpc) is 2.92. The zero-order valence-corrected chi connectivity index (χ0v) is 11.8. The molecular formula is C14H15ClN2S. The van der Waals surface area contributed by atoms with Crippen LogP contribution in [0, 0.1) is 6.92 Å². The molecule has 18 heavy (non-hydrogen) atoms. The van der Waals surface area contributed by atoms with Crippen LogP contribution in [0.1, 0.15) is 21.8 Å². The number of nitrogens with zero attached hydrogens (tertiary/aromatic N) is 1. The van der Waals surface area contributed by atoms with Gasteiger partial charge in [0.2, 0.25) is 0 Å². The van der Waals surface area contributed by atoms with Gasteiger partial charge in [0.25, 0.3) is 0 Å². The highest BCUT2D eigenvalue weighted by Crippen LogP contribution is 2.25. The molecule has 0 radical (unpaired) electrons. The second-order valence-corrected chi connectivity index (χ2v) is 6.16. The summed E-state index contributed by atoms with van der Waals surface area (Å²) >= 11 is 7.74. The van der Waals surface area contributed by atoms with E-state index in [1.54, 1.807) is 11.3 Å². The molecule has 4 heteroatoms. The van der Waals surface area contributed by atoms with Gasteiger partial charge in [-0.3, -0.25) is 0 Å². The van der Waals surface area contributed by atoms with Crippen LogP contribution in [0.3, 0.4) is 0 Å². The highest BCUT2D eigenvalue weighted by molar-refractivity contribution is 7.09. The number of nitrogens with one attached hydrogen (secondary N) is 1. The summed E-state index contributed by atoms with van der Waals surface area (Å²) in [5.41, 5.74) is 3.92. The van der Waals surface area contributed by atoms with Gasteiger partial charge in [0.1, 0.15) is 5.01 Å². The molecule has 1 aromatic carbocycles. The molecular weight excluding hydrogens is 264 g/mol. The third kappa shape index (κ3) is 2.58. The van der Waals surface area contributed by atoms with Crippen molar-refractivity contribution in [1.82, 2.24) is 10.3 Å². The highest BCUT2D eigenvalue weighted by Gasteiger charge is 2.21. The fourth-order valence-corrected chi connectivity index (χ4v) is 3.36. The van der Waals surface area contributed by atoms with Crippen LogP contribution in [0.4, 0.5) is 0 Å². The normalized spacial score (nSPS) is 18.0. The van der Waals surface area contributed by atoms with E-state index in [1.165, 1.54) is 16.1 Å². The Hall–Kier alpha value is -0.900. The van der Waals surface area contributed by atoms with Gasteiger partial charge in [-0.1, -0.05) is 17.7 Å². The van der Waals surface area contributed by atoms with Crippen LogP contribution in [0.5, 0.6) is 0 Å². The maximum Gasteiger partial charge on any atom is 0.107 e. The number of thiazole rings is 1. The average molecular weight is 279 g/mol. The Bertz CT molecular complexity index is 565. The van der Waals surface area contributed by atoms with Crippen LogP contribution in [-0.4, -0.2) is 11.0 Å². The Morgan fingerprint density at radius 3 is 3.00 bits per heavy atom.